The summed E-state index contributed by atoms with van der Waals surface area (Å²) < 4.78 is 38.8. The molecule has 212 valence electrons. The molecule has 0 N–H and O–H groups in total. The van der Waals surface area contributed by atoms with Gasteiger partial charge in [0.15, 0.2) is 11.5 Å². The van der Waals surface area contributed by atoms with Crippen molar-refractivity contribution in [2.24, 2.45) is 0 Å². The highest BCUT2D eigenvalue weighted by molar-refractivity contribution is 7.09. The van der Waals surface area contributed by atoms with Gasteiger partial charge in [0.25, 0.3) is 5.91 Å². The van der Waals surface area contributed by atoms with Gasteiger partial charge in [-0.05, 0) is 41.5 Å². The molecule has 0 radical (unpaired) electrons. The van der Waals surface area contributed by atoms with Gasteiger partial charge in [-0.3, -0.25) is 14.6 Å². The van der Waals surface area contributed by atoms with Crippen LogP contribution in [0.1, 0.15) is 32.2 Å². The lowest BCUT2D eigenvalue weighted by Gasteiger charge is -2.34. The number of amides is 1. The highest BCUT2D eigenvalue weighted by Gasteiger charge is 2.25. The maximum atomic E-state index is 14.4. The smallest absolute Gasteiger partial charge is 0.273 e. The first-order chi connectivity index (χ1) is 20.0. The number of thiazole rings is 1. The number of halogens is 2. The first-order valence-corrected chi connectivity index (χ1v) is 14.4. The van der Waals surface area contributed by atoms with E-state index < -0.39 is 0 Å². The van der Waals surface area contributed by atoms with Gasteiger partial charge in [0, 0.05) is 56.8 Å². The highest BCUT2D eigenvalue weighted by atomic mass is 32.1. The fourth-order valence-electron chi connectivity index (χ4n) is 5.12. The number of fused-ring (bicyclic) bond motifs is 1. The zero-order valence-electron chi connectivity index (χ0n) is 22.5. The topological polar surface area (TPSA) is 58.1 Å². The van der Waals surface area contributed by atoms with E-state index in [4.69, 9.17) is 9.47 Å². The minimum absolute atomic E-state index is 0.0746. The van der Waals surface area contributed by atoms with Gasteiger partial charge in [-0.15, -0.1) is 11.3 Å². The Morgan fingerprint density at radius 3 is 2.44 bits per heavy atom. The molecular weight excluding hydrogens is 546 g/mol. The Bertz CT molecular complexity index is 1510. The number of nitrogens with zero attached hydrogens (tertiary/aromatic N) is 4. The van der Waals surface area contributed by atoms with E-state index in [1.54, 1.807) is 29.6 Å². The van der Waals surface area contributed by atoms with Crippen molar-refractivity contribution in [3.63, 3.8) is 0 Å². The Hall–Kier alpha value is -3.86. The van der Waals surface area contributed by atoms with Gasteiger partial charge in [0.05, 0.1) is 6.54 Å². The standard InChI is InChI=1S/C31H30F2N4O3S/c32-25-8-5-22(6-9-25)16-36(18-24-3-1-2-4-26(24)33)19-30-34-27(20-41-30)31(38)37-13-11-35(12-14-37)17-23-7-10-28-29(15-23)40-21-39-28/h1-10,15,20H,11-14,16-19,21H2. The van der Waals surface area contributed by atoms with Crippen molar-refractivity contribution >= 4 is 17.2 Å². The summed E-state index contributed by atoms with van der Waals surface area (Å²) in [4.78, 5) is 24.2. The minimum Gasteiger partial charge on any atom is -0.454 e. The van der Waals surface area contributed by atoms with Crippen LogP contribution in [-0.4, -0.2) is 58.6 Å². The highest BCUT2D eigenvalue weighted by Crippen LogP contribution is 2.33. The SMILES string of the molecule is O=C(c1csc(CN(Cc2ccc(F)cc2)Cc2ccccc2F)n1)N1CCN(Cc2ccc3c(c2)OCO3)CC1. The minimum atomic E-state index is -0.300. The van der Waals surface area contributed by atoms with Crippen molar-refractivity contribution in [1.82, 2.24) is 19.7 Å². The van der Waals surface area contributed by atoms with Crippen molar-refractivity contribution in [3.8, 4) is 11.5 Å². The molecule has 2 aliphatic rings. The van der Waals surface area contributed by atoms with Crippen LogP contribution >= 0.6 is 11.3 Å². The van der Waals surface area contributed by atoms with Crippen LogP contribution in [-0.2, 0) is 26.2 Å². The van der Waals surface area contributed by atoms with E-state index in [2.05, 4.69) is 9.88 Å². The van der Waals surface area contributed by atoms with Crippen molar-refractivity contribution in [1.29, 1.82) is 0 Å². The summed E-state index contributed by atoms with van der Waals surface area (Å²) in [5.41, 5.74) is 3.07. The van der Waals surface area contributed by atoms with E-state index in [0.717, 1.165) is 47.3 Å². The Labute approximate surface area is 241 Å². The monoisotopic (exact) mass is 576 g/mol. The van der Waals surface area contributed by atoms with Crippen molar-refractivity contribution in [3.05, 3.63) is 111 Å². The third-order valence-electron chi connectivity index (χ3n) is 7.30. The summed E-state index contributed by atoms with van der Waals surface area (Å²) in [7, 11) is 0. The number of rotatable bonds is 9. The molecule has 3 heterocycles. The molecule has 41 heavy (non-hydrogen) atoms. The summed E-state index contributed by atoms with van der Waals surface area (Å²) in [6.07, 6.45) is 0. The molecule has 1 saturated heterocycles. The molecule has 7 nitrogen and oxygen atoms in total. The van der Waals surface area contributed by atoms with Crippen LogP contribution in [0.4, 0.5) is 8.78 Å². The fourth-order valence-corrected chi connectivity index (χ4v) is 5.93. The van der Waals surface area contributed by atoms with Crippen LogP contribution in [0.2, 0.25) is 0 Å². The third-order valence-corrected chi connectivity index (χ3v) is 8.14. The van der Waals surface area contributed by atoms with E-state index in [1.807, 2.05) is 34.1 Å². The van der Waals surface area contributed by atoms with Gasteiger partial charge >= 0.3 is 0 Å². The Kier molecular flexibility index (Phi) is 8.22. The molecule has 0 atom stereocenters. The predicted molar refractivity (Wildman–Crippen MR) is 152 cm³/mol. The van der Waals surface area contributed by atoms with E-state index in [9.17, 15) is 13.6 Å². The third kappa shape index (κ3) is 6.73. The van der Waals surface area contributed by atoms with E-state index in [-0.39, 0.29) is 24.3 Å². The maximum absolute atomic E-state index is 14.4. The van der Waals surface area contributed by atoms with Gasteiger partial charge in [-0.2, -0.15) is 0 Å². The Morgan fingerprint density at radius 2 is 1.63 bits per heavy atom. The van der Waals surface area contributed by atoms with E-state index in [1.165, 1.54) is 29.5 Å². The summed E-state index contributed by atoms with van der Waals surface area (Å²) in [6, 6.07) is 19.0. The molecule has 1 aromatic heterocycles. The van der Waals surface area contributed by atoms with E-state index >= 15 is 0 Å². The molecule has 3 aromatic carbocycles. The lowest BCUT2D eigenvalue weighted by Crippen LogP contribution is -2.48. The van der Waals surface area contributed by atoms with Gasteiger partial charge in [-0.1, -0.05) is 36.4 Å². The lowest BCUT2D eigenvalue weighted by molar-refractivity contribution is 0.0623. The summed E-state index contributed by atoms with van der Waals surface area (Å²) >= 11 is 1.42. The van der Waals surface area contributed by atoms with Crippen LogP contribution in [0.3, 0.4) is 0 Å². The molecule has 0 unspecified atom stereocenters. The van der Waals surface area contributed by atoms with Gasteiger partial charge < -0.3 is 14.4 Å². The van der Waals surface area contributed by atoms with Crippen LogP contribution in [0.5, 0.6) is 11.5 Å². The molecule has 6 rings (SSSR count). The molecule has 1 amide bonds. The van der Waals surface area contributed by atoms with Gasteiger partial charge in [0.2, 0.25) is 6.79 Å². The lowest BCUT2D eigenvalue weighted by atomic mass is 10.1. The van der Waals surface area contributed by atoms with Crippen molar-refractivity contribution in [2.45, 2.75) is 26.2 Å². The van der Waals surface area contributed by atoms with Crippen LogP contribution in [0.25, 0.3) is 0 Å². The van der Waals surface area contributed by atoms with Crippen LogP contribution in [0.15, 0.2) is 72.1 Å². The quantitative estimate of drug-likeness (QED) is 0.269. The van der Waals surface area contributed by atoms with Gasteiger partial charge in [-0.25, -0.2) is 13.8 Å². The van der Waals surface area contributed by atoms with Crippen molar-refractivity contribution < 1.29 is 23.0 Å². The zero-order valence-corrected chi connectivity index (χ0v) is 23.3. The average Bonchev–Trinajstić information content (AvgIpc) is 3.65. The first kappa shape index (κ1) is 27.3. The summed E-state index contributed by atoms with van der Waals surface area (Å²) in [6.45, 7) is 5.12. The maximum Gasteiger partial charge on any atom is 0.273 e. The number of piperazine rings is 1. The second kappa shape index (κ2) is 12.3. The molecule has 1 fully saturated rings. The van der Waals surface area contributed by atoms with Crippen molar-refractivity contribution in [2.75, 3.05) is 33.0 Å². The zero-order chi connectivity index (χ0) is 28.2. The second-order valence-corrected chi connectivity index (χ2v) is 11.2. The van der Waals surface area contributed by atoms with Crippen LogP contribution < -0.4 is 9.47 Å². The van der Waals surface area contributed by atoms with Crippen LogP contribution in [0, 0.1) is 11.6 Å². The van der Waals surface area contributed by atoms with E-state index in [0.29, 0.717) is 44.0 Å². The predicted octanol–water partition coefficient (Wildman–Crippen LogP) is 5.31. The number of aromatic nitrogens is 1. The number of hydrogen-bond acceptors (Lipinski definition) is 7. The Morgan fingerprint density at radius 1 is 0.878 bits per heavy atom. The molecule has 10 heteroatoms. The molecule has 0 spiro atoms. The molecule has 0 bridgehead atoms. The second-order valence-electron chi connectivity index (χ2n) is 10.2. The molecule has 0 aliphatic carbocycles. The largest absolute Gasteiger partial charge is 0.454 e. The normalized spacial score (nSPS) is 15.0. The summed E-state index contributed by atoms with van der Waals surface area (Å²) in [5, 5.41) is 2.57. The van der Waals surface area contributed by atoms with Gasteiger partial charge in [0.1, 0.15) is 22.3 Å². The average molecular weight is 577 g/mol. The molecule has 0 saturated carbocycles. The molecular formula is C31H30F2N4O3S. The molecule has 4 aromatic rings. The molecule has 2 aliphatic heterocycles. The number of benzene rings is 3. The summed E-state index contributed by atoms with van der Waals surface area (Å²) in [5.74, 6) is 0.906. The fraction of sp³-hybridized carbons (Fsp3) is 0.290. The number of carbonyl (C=O) groups is 1. The first-order valence-electron chi connectivity index (χ1n) is 13.5. The number of carbonyl (C=O) groups excluding carboxylic acids is 1. The number of hydrogen-bond donors (Lipinski definition) is 0. The number of ether oxygens (including phenoxy) is 2. The Balaban J connectivity index is 1.07.